The van der Waals surface area contributed by atoms with Gasteiger partial charge in [0.1, 0.15) is 5.84 Å². The fraction of sp³-hybridized carbons (Fsp3) is 0.292. The van der Waals surface area contributed by atoms with Gasteiger partial charge in [-0.2, -0.15) is 0 Å². The molecule has 2 nitrogen and oxygen atoms in total. The fourth-order valence-electron chi connectivity index (χ4n) is 3.97. The Bertz CT molecular complexity index is 935. The third-order valence-electron chi connectivity index (χ3n) is 5.33. The topological polar surface area (TPSA) is 24.4 Å². The maximum Gasteiger partial charge on any atom is 0.128 e. The second kappa shape index (κ2) is 7.74. The molecule has 3 aromatic carbocycles. The molecular formula is C24H26N2. The molecule has 0 amide bonds. The highest BCUT2D eigenvalue weighted by molar-refractivity contribution is 6.00. The SMILES string of the molecule is CCc1cccc(C2=NCCCN2)c1CCc1cccc2ccccc12. The van der Waals surface area contributed by atoms with E-state index in [2.05, 4.69) is 72.9 Å². The first-order valence-corrected chi connectivity index (χ1v) is 9.73. The minimum absolute atomic E-state index is 0.932. The summed E-state index contributed by atoms with van der Waals surface area (Å²) >= 11 is 0. The fourth-order valence-corrected chi connectivity index (χ4v) is 3.97. The van der Waals surface area contributed by atoms with Gasteiger partial charge in [0, 0.05) is 18.7 Å². The maximum absolute atomic E-state index is 4.75. The van der Waals surface area contributed by atoms with Crippen molar-refractivity contribution in [3.8, 4) is 0 Å². The number of rotatable bonds is 5. The van der Waals surface area contributed by atoms with Gasteiger partial charge in [-0.15, -0.1) is 0 Å². The van der Waals surface area contributed by atoms with Crippen LogP contribution in [0.25, 0.3) is 10.8 Å². The van der Waals surface area contributed by atoms with Gasteiger partial charge in [-0.05, 0) is 53.1 Å². The summed E-state index contributed by atoms with van der Waals surface area (Å²) in [5.74, 6) is 1.08. The molecule has 1 aliphatic rings. The number of benzene rings is 3. The molecule has 0 saturated carbocycles. The number of hydrogen-bond donors (Lipinski definition) is 1. The molecule has 0 fully saturated rings. The second-order valence-corrected chi connectivity index (χ2v) is 6.95. The molecule has 132 valence electrons. The molecule has 0 spiro atoms. The van der Waals surface area contributed by atoms with Crippen molar-refractivity contribution in [2.75, 3.05) is 13.1 Å². The van der Waals surface area contributed by atoms with Crippen LogP contribution in [0.5, 0.6) is 0 Å². The van der Waals surface area contributed by atoms with Gasteiger partial charge < -0.3 is 5.32 Å². The molecule has 26 heavy (non-hydrogen) atoms. The normalized spacial score (nSPS) is 14.1. The average Bonchev–Trinajstić information content (AvgIpc) is 2.72. The summed E-state index contributed by atoms with van der Waals surface area (Å²) in [6.07, 6.45) is 4.29. The molecule has 0 saturated heterocycles. The monoisotopic (exact) mass is 342 g/mol. The van der Waals surface area contributed by atoms with Crippen LogP contribution in [0.4, 0.5) is 0 Å². The lowest BCUT2D eigenvalue weighted by Gasteiger charge is -2.20. The first-order chi connectivity index (χ1) is 12.9. The van der Waals surface area contributed by atoms with Gasteiger partial charge in [-0.25, -0.2) is 0 Å². The van der Waals surface area contributed by atoms with Gasteiger partial charge in [-0.1, -0.05) is 67.6 Å². The van der Waals surface area contributed by atoms with Crippen molar-refractivity contribution in [2.45, 2.75) is 32.6 Å². The third kappa shape index (κ3) is 3.37. The van der Waals surface area contributed by atoms with Crippen LogP contribution in [0, 0.1) is 0 Å². The van der Waals surface area contributed by atoms with E-state index in [1.165, 1.54) is 33.0 Å². The van der Waals surface area contributed by atoms with Gasteiger partial charge >= 0.3 is 0 Å². The first kappa shape index (κ1) is 16.8. The van der Waals surface area contributed by atoms with Crippen LogP contribution >= 0.6 is 0 Å². The van der Waals surface area contributed by atoms with Crippen molar-refractivity contribution in [3.63, 3.8) is 0 Å². The van der Waals surface area contributed by atoms with Crippen molar-refractivity contribution in [1.29, 1.82) is 0 Å². The zero-order chi connectivity index (χ0) is 17.8. The van der Waals surface area contributed by atoms with Crippen molar-refractivity contribution in [2.24, 2.45) is 4.99 Å². The highest BCUT2D eigenvalue weighted by Gasteiger charge is 2.14. The molecule has 0 unspecified atom stereocenters. The maximum atomic E-state index is 4.75. The number of aliphatic imine (C=N–C) groups is 1. The van der Waals surface area contributed by atoms with Crippen LogP contribution < -0.4 is 5.32 Å². The Hall–Kier alpha value is -2.61. The van der Waals surface area contributed by atoms with E-state index in [0.717, 1.165) is 44.6 Å². The standard InChI is InChI=1S/C24H26N2/c1-2-18-9-6-13-23(24-25-16-7-17-26-24)22(18)15-14-20-11-5-10-19-8-3-4-12-21(19)20/h3-6,8-13H,2,7,14-17H2,1H3,(H,25,26). The molecule has 1 heterocycles. The average molecular weight is 342 g/mol. The quantitative estimate of drug-likeness (QED) is 0.699. The Morgan fingerprint density at radius 3 is 2.54 bits per heavy atom. The highest BCUT2D eigenvalue weighted by Crippen LogP contribution is 2.23. The number of aryl methyl sites for hydroxylation is 2. The van der Waals surface area contributed by atoms with Gasteiger partial charge in [0.25, 0.3) is 0 Å². The van der Waals surface area contributed by atoms with Crippen LogP contribution in [0.2, 0.25) is 0 Å². The minimum Gasteiger partial charge on any atom is -0.370 e. The van der Waals surface area contributed by atoms with Crippen LogP contribution in [0.15, 0.2) is 65.7 Å². The summed E-state index contributed by atoms with van der Waals surface area (Å²) in [5, 5.41) is 6.20. The smallest absolute Gasteiger partial charge is 0.128 e. The van der Waals surface area contributed by atoms with Crippen molar-refractivity contribution < 1.29 is 0 Å². The molecule has 0 aromatic heterocycles. The number of amidine groups is 1. The molecule has 0 atom stereocenters. The predicted molar refractivity (Wildman–Crippen MR) is 111 cm³/mol. The molecule has 0 radical (unpaired) electrons. The van der Waals surface area contributed by atoms with E-state index < -0.39 is 0 Å². The molecule has 4 rings (SSSR count). The minimum atomic E-state index is 0.932. The van der Waals surface area contributed by atoms with Gasteiger partial charge in [0.15, 0.2) is 0 Å². The summed E-state index contributed by atoms with van der Waals surface area (Å²) in [6, 6.07) is 22.0. The van der Waals surface area contributed by atoms with Crippen molar-refractivity contribution in [1.82, 2.24) is 5.32 Å². The zero-order valence-electron chi connectivity index (χ0n) is 15.5. The molecule has 3 aromatic rings. The number of hydrogen-bond acceptors (Lipinski definition) is 2. The Morgan fingerprint density at radius 2 is 1.69 bits per heavy atom. The summed E-state index contributed by atoms with van der Waals surface area (Å²) in [4.78, 5) is 4.75. The largest absolute Gasteiger partial charge is 0.370 e. The van der Waals surface area contributed by atoms with Crippen LogP contribution in [0.3, 0.4) is 0 Å². The molecular weight excluding hydrogens is 316 g/mol. The van der Waals surface area contributed by atoms with Crippen LogP contribution in [-0.4, -0.2) is 18.9 Å². The van der Waals surface area contributed by atoms with Gasteiger partial charge in [0.2, 0.25) is 0 Å². The predicted octanol–water partition coefficient (Wildman–Crippen LogP) is 4.93. The molecule has 1 aliphatic heterocycles. The van der Waals surface area contributed by atoms with E-state index in [-0.39, 0.29) is 0 Å². The van der Waals surface area contributed by atoms with E-state index in [4.69, 9.17) is 4.99 Å². The van der Waals surface area contributed by atoms with E-state index in [9.17, 15) is 0 Å². The van der Waals surface area contributed by atoms with Gasteiger partial charge in [0.05, 0.1) is 0 Å². The van der Waals surface area contributed by atoms with E-state index in [1.807, 2.05) is 0 Å². The highest BCUT2D eigenvalue weighted by atomic mass is 15.0. The number of nitrogens with zero attached hydrogens (tertiary/aromatic N) is 1. The lowest BCUT2D eigenvalue weighted by atomic mass is 9.91. The zero-order valence-corrected chi connectivity index (χ0v) is 15.5. The summed E-state index contributed by atoms with van der Waals surface area (Å²) < 4.78 is 0. The summed E-state index contributed by atoms with van der Waals surface area (Å²) in [5.41, 5.74) is 5.62. The van der Waals surface area contributed by atoms with E-state index in [0.29, 0.717) is 0 Å². The molecule has 2 heteroatoms. The lowest BCUT2D eigenvalue weighted by Crippen LogP contribution is -2.31. The van der Waals surface area contributed by atoms with E-state index in [1.54, 1.807) is 0 Å². The first-order valence-electron chi connectivity index (χ1n) is 9.73. The number of nitrogens with one attached hydrogen (secondary N) is 1. The van der Waals surface area contributed by atoms with Gasteiger partial charge in [-0.3, -0.25) is 4.99 Å². The van der Waals surface area contributed by atoms with Crippen molar-refractivity contribution in [3.05, 3.63) is 82.9 Å². The molecule has 0 aliphatic carbocycles. The van der Waals surface area contributed by atoms with Crippen LogP contribution in [0.1, 0.15) is 35.6 Å². The number of fused-ring (bicyclic) bond motifs is 1. The summed E-state index contributed by atoms with van der Waals surface area (Å²) in [6.45, 7) is 4.20. The molecule has 1 N–H and O–H groups in total. The Balaban J connectivity index is 1.68. The lowest BCUT2D eigenvalue weighted by molar-refractivity contribution is 0.741. The van der Waals surface area contributed by atoms with E-state index >= 15 is 0 Å². The Kier molecular flexibility index (Phi) is 5.01. The Labute approximate surface area is 156 Å². The molecule has 0 bridgehead atoms. The summed E-state index contributed by atoms with van der Waals surface area (Å²) in [7, 11) is 0. The Morgan fingerprint density at radius 1 is 0.885 bits per heavy atom. The van der Waals surface area contributed by atoms with Crippen molar-refractivity contribution >= 4 is 16.6 Å². The van der Waals surface area contributed by atoms with Crippen LogP contribution in [-0.2, 0) is 19.3 Å². The third-order valence-corrected chi connectivity index (χ3v) is 5.33. The second-order valence-electron chi connectivity index (χ2n) is 6.95.